The first kappa shape index (κ1) is 12.7. The van der Waals surface area contributed by atoms with Crippen LogP contribution in [-0.2, 0) is 5.75 Å². The molecule has 0 aliphatic rings. The van der Waals surface area contributed by atoms with Gasteiger partial charge in [0.1, 0.15) is 5.76 Å². The third kappa shape index (κ3) is 2.39. The van der Waals surface area contributed by atoms with E-state index >= 15 is 0 Å². The van der Waals surface area contributed by atoms with E-state index in [4.69, 9.17) is 8.83 Å². The fourth-order valence-corrected chi connectivity index (χ4v) is 2.63. The van der Waals surface area contributed by atoms with E-state index in [1.54, 1.807) is 13.0 Å². The summed E-state index contributed by atoms with van der Waals surface area (Å²) in [4.78, 5) is 29.9. The molecule has 0 radical (unpaired) electrons. The highest BCUT2D eigenvalue weighted by atomic mass is 32.2. The van der Waals surface area contributed by atoms with E-state index in [0.29, 0.717) is 33.3 Å². The number of aromatic amines is 1. The largest absolute Gasteiger partial charge is 0.519 e. The van der Waals surface area contributed by atoms with E-state index in [2.05, 4.69) is 9.97 Å². The van der Waals surface area contributed by atoms with Gasteiger partial charge in [0, 0.05) is 0 Å². The van der Waals surface area contributed by atoms with Crippen LogP contribution in [0.5, 0.6) is 0 Å². The monoisotopic (exact) mass is 290 g/mol. The van der Waals surface area contributed by atoms with E-state index in [9.17, 15) is 9.59 Å². The molecule has 2 heterocycles. The Hall–Kier alpha value is -2.28. The Balaban J connectivity index is 1.91. The van der Waals surface area contributed by atoms with Crippen LogP contribution in [0.25, 0.3) is 11.0 Å². The van der Waals surface area contributed by atoms with Crippen molar-refractivity contribution in [3.8, 4) is 0 Å². The minimum absolute atomic E-state index is 0.266. The van der Waals surface area contributed by atoms with E-state index < -0.39 is 5.82 Å². The fourth-order valence-electron chi connectivity index (χ4n) is 1.75. The SMILES string of the molecule is Cc1oc(=O)oc1CSc1nc2ccccc2[nH]c1=O. The Labute approximate surface area is 116 Å². The molecule has 1 aromatic carbocycles. The Morgan fingerprint density at radius 2 is 2.05 bits per heavy atom. The molecular weight excluding hydrogens is 280 g/mol. The standard InChI is InChI=1S/C13H10N2O4S/c1-7-10(19-13(17)18-7)6-20-12-11(16)14-8-4-2-3-5-9(8)15-12/h2-5H,6H2,1H3,(H,14,16). The second kappa shape index (κ2) is 5.01. The molecule has 1 N–H and O–H groups in total. The van der Waals surface area contributed by atoms with E-state index in [0.717, 1.165) is 0 Å². The predicted octanol–water partition coefficient (Wildman–Crippen LogP) is 2.07. The number of aromatic nitrogens is 2. The lowest BCUT2D eigenvalue weighted by atomic mass is 10.3. The van der Waals surface area contributed by atoms with Crippen molar-refractivity contribution in [2.24, 2.45) is 0 Å². The van der Waals surface area contributed by atoms with Crippen LogP contribution in [0.15, 0.2) is 47.7 Å². The zero-order chi connectivity index (χ0) is 14.1. The van der Waals surface area contributed by atoms with Crippen molar-refractivity contribution in [2.75, 3.05) is 0 Å². The van der Waals surface area contributed by atoms with Crippen molar-refractivity contribution in [1.29, 1.82) is 0 Å². The number of para-hydroxylation sites is 2. The summed E-state index contributed by atoms with van der Waals surface area (Å²) in [5.74, 6) is 0.402. The number of H-pyrrole nitrogens is 1. The summed E-state index contributed by atoms with van der Waals surface area (Å²) in [5, 5.41) is 0.326. The minimum Gasteiger partial charge on any atom is -0.396 e. The van der Waals surface area contributed by atoms with E-state index in [1.807, 2.05) is 18.2 Å². The van der Waals surface area contributed by atoms with E-state index in [1.165, 1.54) is 11.8 Å². The molecule has 7 heteroatoms. The zero-order valence-corrected chi connectivity index (χ0v) is 11.3. The molecule has 3 aromatic rings. The first-order valence-corrected chi connectivity index (χ1v) is 6.83. The van der Waals surface area contributed by atoms with Crippen LogP contribution in [0, 0.1) is 6.92 Å². The molecule has 0 saturated carbocycles. The van der Waals surface area contributed by atoms with Crippen LogP contribution in [0.4, 0.5) is 0 Å². The molecule has 2 aromatic heterocycles. The highest BCUT2D eigenvalue weighted by Crippen LogP contribution is 2.20. The average Bonchev–Trinajstić information content (AvgIpc) is 2.74. The van der Waals surface area contributed by atoms with Crippen molar-refractivity contribution >= 4 is 22.8 Å². The first-order valence-electron chi connectivity index (χ1n) is 5.85. The quantitative estimate of drug-likeness (QED) is 0.743. The average molecular weight is 290 g/mol. The third-order valence-electron chi connectivity index (χ3n) is 2.74. The molecule has 0 aliphatic heterocycles. The first-order chi connectivity index (χ1) is 9.63. The smallest absolute Gasteiger partial charge is 0.396 e. The molecule has 0 saturated heterocycles. The maximum Gasteiger partial charge on any atom is 0.519 e. The Kier molecular flexibility index (Phi) is 3.19. The van der Waals surface area contributed by atoms with Gasteiger partial charge in [-0.3, -0.25) is 4.79 Å². The number of hydrogen-bond acceptors (Lipinski definition) is 6. The van der Waals surface area contributed by atoms with Crippen LogP contribution in [-0.4, -0.2) is 9.97 Å². The third-order valence-corrected chi connectivity index (χ3v) is 3.70. The van der Waals surface area contributed by atoms with Crippen molar-refractivity contribution in [3.05, 3.63) is 56.8 Å². The van der Waals surface area contributed by atoms with Gasteiger partial charge in [-0.2, -0.15) is 0 Å². The molecule has 102 valence electrons. The maximum absolute atomic E-state index is 11.9. The van der Waals surface area contributed by atoms with Gasteiger partial charge < -0.3 is 13.8 Å². The van der Waals surface area contributed by atoms with Gasteiger partial charge in [-0.15, -0.1) is 0 Å². The van der Waals surface area contributed by atoms with Gasteiger partial charge in [0.05, 0.1) is 16.8 Å². The fraction of sp³-hybridized carbons (Fsp3) is 0.154. The number of fused-ring (bicyclic) bond motifs is 1. The Bertz CT molecular complexity index is 878. The molecule has 0 fully saturated rings. The molecule has 0 spiro atoms. The number of rotatable bonds is 3. The van der Waals surface area contributed by atoms with Gasteiger partial charge in [0.2, 0.25) is 0 Å². The maximum atomic E-state index is 11.9. The number of thioether (sulfide) groups is 1. The normalized spacial score (nSPS) is 11.1. The van der Waals surface area contributed by atoms with Gasteiger partial charge in [0.15, 0.2) is 10.8 Å². The molecule has 0 aliphatic carbocycles. The molecule has 20 heavy (non-hydrogen) atoms. The number of benzene rings is 1. The second-order valence-corrected chi connectivity index (χ2v) is 5.07. The number of nitrogens with zero attached hydrogens (tertiary/aromatic N) is 1. The van der Waals surface area contributed by atoms with Crippen LogP contribution < -0.4 is 11.4 Å². The molecule has 0 atom stereocenters. The van der Waals surface area contributed by atoms with Crippen LogP contribution >= 0.6 is 11.8 Å². The Morgan fingerprint density at radius 3 is 2.80 bits per heavy atom. The highest BCUT2D eigenvalue weighted by molar-refractivity contribution is 7.98. The Morgan fingerprint density at radius 1 is 1.25 bits per heavy atom. The molecular formula is C13H10N2O4S. The molecule has 3 rings (SSSR count). The van der Waals surface area contributed by atoms with Crippen molar-refractivity contribution in [2.45, 2.75) is 17.7 Å². The van der Waals surface area contributed by atoms with Gasteiger partial charge in [-0.05, 0) is 19.1 Å². The molecule has 6 nitrogen and oxygen atoms in total. The summed E-state index contributed by atoms with van der Waals surface area (Å²) in [5.41, 5.74) is 1.13. The minimum atomic E-state index is -0.738. The second-order valence-electron chi connectivity index (χ2n) is 4.11. The van der Waals surface area contributed by atoms with Crippen molar-refractivity contribution in [1.82, 2.24) is 9.97 Å². The van der Waals surface area contributed by atoms with Crippen LogP contribution in [0.1, 0.15) is 11.5 Å². The van der Waals surface area contributed by atoms with Gasteiger partial charge in [0.25, 0.3) is 5.56 Å². The van der Waals surface area contributed by atoms with Crippen LogP contribution in [0.3, 0.4) is 0 Å². The van der Waals surface area contributed by atoms with Crippen molar-refractivity contribution in [3.63, 3.8) is 0 Å². The summed E-state index contributed by atoms with van der Waals surface area (Å²) >= 11 is 1.19. The lowest BCUT2D eigenvalue weighted by Crippen LogP contribution is -2.10. The van der Waals surface area contributed by atoms with Crippen LogP contribution in [0.2, 0.25) is 0 Å². The lowest BCUT2D eigenvalue weighted by molar-refractivity contribution is 0.372. The molecule has 0 bridgehead atoms. The topological polar surface area (TPSA) is 89.1 Å². The number of aryl methyl sites for hydroxylation is 1. The predicted molar refractivity (Wildman–Crippen MR) is 73.9 cm³/mol. The lowest BCUT2D eigenvalue weighted by Gasteiger charge is -2.01. The van der Waals surface area contributed by atoms with E-state index in [-0.39, 0.29) is 5.56 Å². The summed E-state index contributed by atoms with van der Waals surface area (Å²) in [7, 11) is 0. The van der Waals surface area contributed by atoms with Gasteiger partial charge in [-0.1, -0.05) is 23.9 Å². The number of hydrogen-bond donors (Lipinski definition) is 1. The summed E-state index contributed by atoms with van der Waals surface area (Å²) in [6.45, 7) is 1.64. The highest BCUT2D eigenvalue weighted by Gasteiger charge is 2.11. The molecule has 0 unspecified atom stereocenters. The van der Waals surface area contributed by atoms with Gasteiger partial charge >= 0.3 is 5.82 Å². The number of nitrogens with one attached hydrogen (secondary N) is 1. The van der Waals surface area contributed by atoms with Gasteiger partial charge in [-0.25, -0.2) is 9.78 Å². The summed E-state index contributed by atoms with van der Waals surface area (Å²) in [6, 6.07) is 7.29. The van der Waals surface area contributed by atoms with Crippen molar-refractivity contribution < 1.29 is 8.83 Å². The summed E-state index contributed by atoms with van der Waals surface area (Å²) in [6.07, 6.45) is 0. The molecule has 0 amide bonds. The zero-order valence-electron chi connectivity index (χ0n) is 10.5. The summed E-state index contributed by atoms with van der Waals surface area (Å²) < 4.78 is 9.64.